The fourth-order valence-electron chi connectivity index (χ4n) is 2.74. The van der Waals surface area contributed by atoms with Crippen molar-refractivity contribution in [1.82, 2.24) is 4.31 Å². The van der Waals surface area contributed by atoms with Crippen molar-refractivity contribution < 1.29 is 18.3 Å². The number of benzene rings is 2. The molecule has 1 fully saturated rings. The number of nitrogens with zero attached hydrogens (tertiary/aromatic N) is 1. The zero-order chi connectivity index (χ0) is 20.1. The lowest BCUT2D eigenvalue weighted by Crippen LogP contribution is -2.40. The number of hydrogen-bond donors (Lipinski definition) is 2. The van der Waals surface area contributed by atoms with Crippen molar-refractivity contribution in [3.8, 4) is 0 Å². The number of sulfonamides is 1. The summed E-state index contributed by atoms with van der Waals surface area (Å²) in [6.45, 7) is 3.46. The summed E-state index contributed by atoms with van der Waals surface area (Å²) in [5.74, 6) is 0. The second-order valence-electron chi connectivity index (χ2n) is 6.41. The molecule has 0 amide bonds. The number of nitrogens with one attached hydrogen (secondary N) is 1. The molecule has 2 N–H and O–H groups in total. The van der Waals surface area contributed by atoms with E-state index < -0.39 is 16.3 Å². The van der Waals surface area contributed by atoms with Gasteiger partial charge < -0.3 is 15.2 Å². The minimum atomic E-state index is -3.52. The minimum Gasteiger partial charge on any atom is -0.379 e. The number of anilines is 1. The summed E-state index contributed by atoms with van der Waals surface area (Å²) in [5.41, 5.74) is 0.650. The molecule has 6 nitrogen and oxygen atoms in total. The maximum atomic E-state index is 12.6. The number of morpholine rings is 1. The number of rotatable bonds is 7. The monoisotopic (exact) mass is 442 g/mol. The molecule has 1 unspecified atom stereocenters. The topological polar surface area (TPSA) is 78.9 Å². The van der Waals surface area contributed by atoms with Gasteiger partial charge in [0, 0.05) is 28.7 Å². The highest BCUT2D eigenvalue weighted by Gasteiger charge is 2.26. The first-order valence-electron chi connectivity index (χ1n) is 8.91. The van der Waals surface area contributed by atoms with Crippen LogP contribution < -0.4 is 5.32 Å². The summed E-state index contributed by atoms with van der Waals surface area (Å²) < 4.78 is 31.9. The summed E-state index contributed by atoms with van der Waals surface area (Å²) in [5, 5.41) is 14.0. The predicted octanol–water partition coefficient (Wildman–Crippen LogP) is 3.27. The van der Waals surface area contributed by atoms with E-state index in [-0.39, 0.29) is 10.1 Å². The van der Waals surface area contributed by atoms with E-state index in [4.69, 9.17) is 16.3 Å². The number of aliphatic hydroxyl groups is 1. The van der Waals surface area contributed by atoms with E-state index >= 15 is 0 Å². The van der Waals surface area contributed by atoms with Crippen LogP contribution >= 0.6 is 23.4 Å². The molecule has 3 rings (SSSR count). The molecule has 0 aromatic heterocycles. The molecule has 0 saturated carbocycles. The zero-order valence-corrected chi connectivity index (χ0v) is 17.8. The number of aliphatic hydroxyl groups excluding tert-OH is 1. The third-order valence-corrected chi connectivity index (χ3v) is 7.70. The van der Waals surface area contributed by atoms with Crippen molar-refractivity contribution in [2.45, 2.75) is 28.2 Å². The van der Waals surface area contributed by atoms with E-state index in [1.165, 1.54) is 16.1 Å². The molecule has 28 heavy (non-hydrogen) atoms. The third-order valence-electron chi connectivity index (χ3n) is 4.36. The van der Waals surface area contributed by atoms with Gasteiger partial charge in [0.05, 0.1) is 23.4 Å². The number of halogens is 1. The minimum absolute atomic E-state index is 0.127. The molecule has 1 aliphatic heterocycles. The normalized spacial score (nSPS) is 17.8. The Hall–Kier alpha value is -1.29. The van der Waals surface area contributed by atoms with Gasteiger partial charge in [0.25, 0.3) is 0 Å². The van der Waals surface area contributed by atoms with E-state index in [2.05, 4.69) is 5.32 Å². The van der Waals surface area contributed by atoms with Crippen molar-refractivity contribution in [1.29, 1.82) is 0 Å². The fraction of sp³-hybridized carbons (Fsp3) is 0.368. The molecule has 0 bridgehead atoms. The molecule has 1 aliphatic rings. The van der Waals surface area contributed by atoms with Gasteiger partial charge in [-0.05, 0) is 55.5 Å². The van der Waals surface area contributed by atoms with Crippen molar-refractivity contribution in [3.05, 3.63) is 53.6 Å². The lowest BCUT2D eigenvalue weighted by atomic mass is 10.3. The van der Waals surface area contributed by atoms with Gasteiger partial charge in [0.2, 0.25) is 10.0 Å². The Bertz CT molecular complexity index is 870. The summed E-state index contributed by atoms with van der Waals surface area (Å²) in [7, 11) is -3.52. The lowest BCUT2D eigenvalue weighted by Gasteiger charge is -2.26. The molecule has 152 valence electrons. The zero-order valence-electron chi connectivity index (χ0n) is 15.4. The molecule has 2 atom stereocenters. The Balaban J connectivity index is 1.60. The van der Waals surface area contributed by atoms with Gasteiger partial charge in [-0.25, -0.2) is 8.42 Å². The van der Waals surface area contributed by atoms with Gasteiger partial charge in [-0.15, -0.1) is 11.8 Å². The standard InChI is InChI=1S/C19H23ClN2O4S2/c1-14(27-17-6-2-15(20)3-7-17)19(23)21-16-4-8-18(9-5-16)28(24,25)22-10-12-26-13-11-22/h2-9,14,19,21,23H,10-13H2,1H3/t14-,19?/m1/s1. The summed E-state index contributed by atoms with van der Waals surface area (Å²) in [4.78, 5) is 1.24. The smallest absolute Gasteiger partial charge is 0.243 e. The maximum Gasteiger partial charge on any atom is 0.243 e. The van der Waals surface area contributed by atoms with Crippen LogP contribution in [-0.4, -0.2) is 55.6 Å². The first-order valence-corrected chi connectivity index (χ1v) is 11.6. The van der Waals surface area contributed by atoms with Gasteiger partial charge in [-0.2, -0.15) is 4.31 Å². The molecular formula is C19H23ClN2O4S2. The third kappa shape index (κ3) is 5.40. The van der Waals surface area contributed by atoms with Crippen LogP contribution in [0.4, 0.5) is 5.69 Å². The van der Waals surface area contributed by atoms with E-state index in [1.807, 2.05) is 31.2 Å². The lowest BCUT2D eigenvalue weighted by molar-refractivity contribution is 0.0730. The van der Waals surface area contributed by atoms with E-state index in [1.54, 1.807) is 24.3 Å². The average molecular weight is 443 g/mol. The fourth-order valence-corrected chi connectivity index (χ4v) is 5.19. The van der Waals surface area contributed by atoms with E-state index in [9.17, 15) is 13.5 Å². The number of thioether (sulfide) groups is 1. The first kappa shape index (κ1) is 21.4. The molecule has 9 heteroatoms. The van der Waals surface area contributed by atoms with E-state index in [0.717, 1.165) is 4.90 Å². The largest absolute Gasteiger partial charge is 0.379 e. The Morgan fingerprint density at radius 3 is 2.32 bits per heavy atom. The van der Waals surface area contributed by atoms with Crippen molar-refractivity contribution in [3.63, 3.8) is 0 Å². The van der Waals surface area contributed by atoms with Crippen molar-refractivity contribution in [2.75, 3.05) is 31.6 Å². The van der Waals surface area contributed by atoms with Crippen LogP contribution in [0.3, 0.4) is 0 Å². The molecule has 1 saturated heterocycles. The average Bonchev–Trinajstić information content (AvgIpc) is 2.70. The van der Waals surface area contributed by atoms with Crippen LogP contribution in [0.25, 0.3) is 0 Å². The Kier molecular flexibility index (Phi) is 7.25. The van der Waals surface area contributed by atoms with Crippen LogP contribution in [0.1, 0.15) is 6.92 Å². The van der Waals surface area contributed by atoms with Crippen LogP contribution in [0.2, 0.25) is 5.02 Å². The molecule has 0 spiro atoms. The quantitative estimate of drug-likeness (QED) is 0.506. The Morgan fingerprint density at radius 1 is 1.11 bits per heavy atom. The maximum absolute atomic E-state index is 12.6. The van der Waals surface area contributed by atoms with Crippen LogP contribution in [0.15, 0.2) is 58.3 Å². The highest BCUT2D eigenvalue weighted by molar-refractivity contribution is 8.00. The van der Waals surface area contributed by atoms with Crippen molar-refractivity contribution in [2.24, 2.45) is 0 Å². The molecule has 2 aromatic rings. The van der Waals surface area contributed by atoms with E-state index in [0.29, 0.717) is 37.0 Å². The van der Waals surface area contributed by atoms with Gasteiger partial charge in [-0.1, -0.05) is 11.6 Å². The van der Waals surface area contributed by atoms with Crippen molar-refractivity contribution >= 4 is 39.1 Å². The second-order valence-corrected chi connectivity index (χ2v) is 10.2. The highest BCUT2D eigenvalue weighted by Crippen LogP contribution is 2.27. The molecule has 0 aliphatic carbocycles. The van der Waals surface area contributed by atoms with Gasteiger partial charge in [0.1, 0.15) is 6.23 Å². The molecular weight excluding hydrogens is 420 g/mol. The predicted molar refractivity (Wildman–Crippen MR) is 112 cm³/mol. The Labute approximate surface area is 174 Å². The first-order chi connectivity index (χ1) is 13.4. The second kappa shape index (κ2) is 9.47. The number of hydrogen-bond acceptors (Lipinski definition) is 6. The summed E-state index contributed by atoms with van der Waals surface area (Å²) in [6, 6.07) is 13.9. The van der Waals surface area contributed by atoms with Gasteiger partial charge in [0.15, 0.2) is 0 Å². The molecule has 1 heterocycles. The van der Waals surface area contributed by atoms with Crippen LogP contribution in [0.5, 0.6) is 0 Å². The van der Waals surface area contributed by atoms with Crippen LogP contribution in [-0.2, 0) is 14.8 Å². The summed E-state index contributed by atoms with van der Waals surface area (Å²) >= 11 is 7.41. The Morgan fingerprint density at radius 2 is 1.71 bits per heavy atom. The molecule has 0 radical (unpaired) electrons. The molecule has 2 aromatic carbocycles. The van der Waals surface area contributed by atoms with Gasteiger partial charge >= 0.3 is 0 Å². The highest BCUT2D eigenvalue weighted by atomic mass is 35.5. The van der Waals surface area contributed by atoms with Gasteiger partial charge in [-0.3, -0.25) is 0 Å². The number of ether oxygens (including phenoxy) is 1. The van der Waals surface area contributed by atoms with Crippen LogP contribution in [0, 0.1) is 0 Å². The SMILES string of the molecule is C[C@@H](Sc1ccc(Cl)cc1)C(O)Nc1ccc(S(=O)(=O)N2CCOCC2)cc1. The summed E-state index contributed by atoms with van der Waals surface area (Å²) in [6.07, 6.45) is -0.803.